The van der Waals surface area contributed by atoms with Crippen LogP contribution < -0.4 is 16.0 Å². The van der Waals surface area contributed by atoms with Crippen LogP contribution in [0.3, 0.4) is 0 Å². The number of nitrogens with one attached hydrogen (secondary N) is 3. The molecule has 1 aromatic carbocycles. The van der Waals surface area contributed by atoms with Gasteiger partial charge in [0, 0.05) is 11.7 Å². The average molecular weight is 334 g/mol. The fourth-order valence-corrected chi connectivity index (χ4v) is 3.33. The van der Waals surface area contributed by atoms with E-state index in [2.05, 4.69) is 22.9 Å². The molecule has 1 aromatic rings. The van der Waals surface area contributed by atoms with Gasteiger partial charge in [0.2, 0.25) is 5.91 Å². The summed E-state index contributed by atoms with van der Waals surface area (Å²) in [5.74, 6) is 0.551. The second-order valence-electron chi connectivity index (χ2n) is 6.51. The van der Waals surface area contributed by atoms with E-state index in [-0.39, 0.29) is 12.5 Å². The maximum absolute atomic E-state index is 12.1. The van der Waals surface area contributed by atoms with E-state index in [1.165, 1.54) is 19.3 Å². The zero-order valence-corrected chi connectivity index (χ0v) is 15.1. The van der Waals surface area contributed by atoms with Crippen molar-refractivity contribution >= 4 is 28.9 Å². The van der Waals surface area contributed by atoms with E-state index in [0.717, 1.165) is 23.2 Å². The monoisotopic (exact) mass is 333 g/mol. The summed E-state index contributed by atoms with van der Waals surface area (Å²) in [4.78, 5) is 12.1. The summed E-state index contributed by atoms with van der Waals surface area (Å²) in [7, 11) is 0. The van der Waals surface area contributed by atoms with E-state index >= 15 is 0 Å². The summed E-state index contributed by atoms with van der Waals surface area (Å²) in [6.07, 6.45) is 4.94. The Bertz CT molecular complexity index is 553. The lowest BCUT2D eigenvalue weighted by atomic mass is 9.86. The van der Waals surface area contributed by atoms with Gasteiger partial charge in [-0.2, -0.15) is 0 Å². The number of benzene rings is 1. The normalized spacial score (nSPS) is 20.7. The molecule has 23 heavy (non-hydrogen) atoms. The van der Waals surface area contributed by atoms with Crippen LogP contribution in [0.5, 0.6) is 0 Å². The van der Waals surface area contributed by atoms with Gasteiger partial charge in [-0.05, 0) is 56.0 Å². The molecule has 4 nitrogen and oxygen atoms in total. The first-order chi connectivity index (χ1) is 11.0. The number of thiocarbonyl (C=S) groups is 1. The third kappa shape index (κ3) is 5.20. The Kier molecular flexibility index (Phi) is 6.39. The average Bonchev–Trinajstić information content (AvgIpc) is 2.51. The summed E-state index contributed by atoms with van der Waals surface area (Å²) in [6.45, 7) is 6.42. The van der Waals surface area contributed by atoms with Crippen molar-refractivity contribution in [2.75, 3.05) is 11.9 Å². The number of hydrogen-bond acceptors (Lipinski definition) is 2. The number of aryl methyl sites for hydroxylation is 2. The Hall–Kier alpha value is -1.62. The zero-order chi connectivity index (χ0) is 16.8. The van der Waals surface area contributed by atoms with E-state index < -0.39 is 0 Å². The summed E-state index contributed by atoms with van der Waals surface area (Å²) in [6, 6.07) is 6.40. The minimum Gasteiger partial charge on any atom is -0.360 e. The Morgan fingerprint density at radius 1 is 1.22 bits per heavy atom. The van der Waals surface area contributed by atoms with Gasteiger partial charge in [0.05, 0.1) is 6.54 Å². The van der Waals surface area contributed by atoms with Gasteiger partial charge in [-0.3, -0.25) is 4.79 Å². The molecule has 0 bridgehead atoms. The first-order valence-electron chi connectivity index (χ1n) is 8.38. The third-order valence-electron chi connectivity index (χ3n) is 4.58. The molecule has 0 aliphatic heterocycles. The zero-order valence-electron chi connectivity index (χ0n) is 14.2. The highest BCUT2D eigenvalue weighted by Gasteiger charge is 2.21. The first-order valence-corrected chi connectivity index (χ1v) is 8.78. The van der Waals surface area contributed by atoms with Crippen molar-refractivity contribution in [3.05, 3.63) is 29.3 Å². The van der Waals surface area contributed by atoms with Crippen molar-refractivity contribution in [2.45, 2.75) is 52.5 Å². The minimum absolute atomic E-state index is 0.0803. The fourth-order valence-electron chi connectivity index (χ4n) is 3.11. The third-order valence-corrected chi connectivity index (χ3v) is 4.85. The van der Waals surface area contributed by atoms with Crippen molar-refractivity contribution in [1.29, 1.82) is 0 Å². The number of hydrogen-bond donors (Lipinski definition) is 3. The molecule has 0 spiro atoms. The van der Waals surface area contributed by atoms with E-state index in [1.807, 2.05) is 32.0 Å². The smallest absolute Gasteiger partial charge is 0.243 e. The van der Waals surface area contributed by atoms with Gasteiger partial charge in [-0.25, -0.2) is 0 Å². The Morgan fingerprint density at radius 2 is 1.87 bits per heavy atom. The molecule has 1 aliphatic carbocycles. The van der Waals surface area contributed by atoms with Crippen LogP contribution in [0.2, 0.25) is 0 Å². The van der Waals surface area contributed by atoms with E-state index in [4.69, 9.17) is 12.2 Å². The second-order valence-corrected chi connectivity index (χ2v) is 6.92. The maximum atomic E-state index is 12.1. The highest BCUT2D eigenvalue weighted by atomic mass is 32.1. The van der Waals surface area contributed by atoms with Crippen LogP contribution in [0.15, 0.2) is 18.2 Å². The van der Waals surface area contributed by atoms with Crippen LogP contribution >= 0.6 is 12.2 Å². The highest BCUT2D eigenvalue weighted by Crippen LogP contribution is 2.23. The molecular formula is C18H27N3OS. The van der Waals surface area contributed by atoms with Crippen molar-refractivity contribution in [3.8, 4) is 0 Å². The molecule has 0 saturated heterocycles. The molecule has 1 amide bonds. The second kappa shape index (κ2) is 8.29. The number of rotatable bonds is 4. The summed E-state index contributed by atoms with van der Waals surface area (Å²) in [5, 5.41) is 9.90. The van der Waals surface area contributed by atoms with Gasteiger partial charge in [-0.1, -0.05) is 38.0 Å². The maximum Gasteiger partial charge on any atom is 0.243 e. The predicted octanol–water partition coefficient (Wildman–Crippen LogP) is 3.28. The number of carbonyl (C=O) groups is 1. The van der Waals surface area contributed by atoms with Crippen LogP contribution in [0.25, 0.3) is 0 Å². The van der Waals surface area contributed by atoms with Gasteiger partial charge in [0.1, 0.15) is 0 Å². The minimum atomic E-state index is -0.0803. The van der Waals surface area contributed by atoms with E-state index in [9.17, 15) is 4.79 Å². The van der Waals surface area contributed by atoms with Gasteiger partial charge < -0.3 is 16.0 Å². The standard InChI is InChI=1S/C18H27N3OS/c1-12-7-4-5-10-15(12)20-18(23)19-11-16(22)21-17-13(2)8-6-9-14(17)3/h6,8-9,12,15H,4-5,7,10-11H2,1-3H3,(H,21,22)(H2,19,20,23)/t12-,15-/m1/s1. The number of para-hydroxylation sites is 1. The van der Waals surface area contributed by atoms with Crippen molar-refractivity contribution < 1.29 is 4.79 Å². The molecule has 2 atom stereocenters. The molecule has 126 valence electrons. The van der Waals surface area contributed by atoms with Crippen molar-refractivity contribution in [3.63, 3.8) is 0 Å². The van der Waals surface area contributed by atoms with Crippen LogP contribution in [-0.2, 0) is 4.79 Å². The molecular weight excluding hydrogens is 306 g/mol. The largest absolute Gasteiger partial charge is 0.360 e. The van der Waals surface area contributed by atoms with E-state index in [0.29, 0.717) is 17.1 Å². The molecule has 1 aliphatic rings. The number of anilines is 1. The van der Waals surface area contributed by atoms with Crippen LogP contribution in [0, 0.1) is 19.8 Å². The number of carbonyl (C=O) groups excluding carboxylic acids is 1. The van der Waals surface area contributed by atoms with Crippen LogP contribution in [-0.4, -0.2) is 23.6 Å². The summed E-state index contributed by atoms with van der Waals surface area (Å²) >= 11 is 5.32. The molecule has 0 radical (unpaired) electrons. The van der Waals surface area contributed by atoms with Crippen LogP contribution in [0.1, 0.15) is 43.7 Å². The highest BCUT2D eigenvalue weighted by molar-refractivity contribution is 7.80. The first kappa shape index (κ1) is 17.7. The topological polar surface area (TPSA) is 53.2 Å². The van der Waals surface area contributed by atoms with Gasteiger partial charge in [0.25, 0.3) is 0 Å². The lowest BCUT2D eigenvalue weighted by Gasteiger charge is -2.30. The molecule has 3 N–H and O–H groups in total. The molecule has 0 heterocycles. The molecule has 5 heteroatoms. The van der Waals surface area contributed by atoms with E-state index in [1.54, 1.807) is 0 Å². The lowest BCUT2D eigenvalue weighted by molar-refractivity contribution is -0.115. The fraction of sp³-hybridized carbons (Fsp3) is 0.556. The Balaban J connectivity index is 1.78. The lowest BCUT2D eigenvalue weighted by Crippen LogP contribution is -2.47. The molecule has 1 saturated carbocycles. The number of amides is 1. The van der Waals surface area contributed by atoms with Crippen molar-refractivity contribution in [2.24, 2.45) is 5.92 Å². The van der Waals surface area contributed by atoms with Crippen molar-refractivity contribution in [1.82, 2.24) is 10.6 Å². The summed E-state index contributed by atoms with van der Waals surface area (Å²) < 4.78 is 0. The van der Waals surface area contributed by atoms with Crippen LogP contribution in [0.4, 0.5) is 5.69 Å². The molecule has 2 rings (SSSR count). The Morgan fingerprint density at radius 3 is 2.52 bits per heavy atom. The van der Waals surface area contributed by atoms with Gasteiger partial charge in [0.15, 0.2) is 5.11 Å². The quantitative estimate of drug-likeness (QED) is 0.740. The summed E-state index contributed by atoms with van der Waals surface area (Å²) in [5.41, 5.74) is 3.02. The molecule has 0 unspecified atom stereocenters. The Labute approximate surface area is 144 Å². The molecule has 0 aromatic heterocycles. The van der Waals surface area contributed by atoms with Gasteiger partial charge in [-0.15, -0.1) is 0 Å². The predicted molar refractivity (Wildman–Crippen MR) is 99.7 cm³/mol. The SMILES string of the molecule is Cc1cccc(C)c1NC(=O)CNC(=S)N[C@@H]1CCCC[C@H]1C. The molecule has 1 fully saturated rings. The van der Waals surface area contributed by atoms with Gasteiger partial charge >= 0.3 is 0 Å².